The van der Waals surface area contributed by atoms with E-state index >= 15 is 0 Å². The van der Waals surface area contributed by atoms with E-state index in [1.54, 1.807) is 30.4 Å². The van der Waals surface area contributed by atoms with Gasteiger partial charge in [-0.2, -0.15) is 0 Å². The van der Waals surface area contributed by atoms with Crippen LogP contribution in [0.25, 0.3) is 0 Å². The fraction of sp³-hybridized carbons (Fsp3) is 0.350. The number of benzene rings is 1. The third-order valence-corrected chi connectivity index (χ3v) is 3.42. The van der Waals surface area contributed by atoms with Crippen molar-refractivity contribution in [3.8, 4) is 5.75 Å². The second-order valence-electron chi connectivity index (χ2n) is 5.69. The number of ether oxygens (including phenoxy) is 1. The topological polar surface area (TPSA) is 107 Å². The first-order chi connectivity index (χ1) is 12.5. The van der Waals surface area contributed by atoms with Gasteiger partial charge in [-0.15, -0.1) is 0 Å². The molecule has 0 saturated heterocycles. The highest BCUT2D eigenvalue weighted by Crippen LogP contribution is 2.09. The number of para-hydroxylation sites is 1. The van der Waals surface area contributed by atoms with Crippen molar-refractivity contribution in [2.24, 2.45) is 0 Å². The lowest BCUT2D eigenvalue weighted by molar-refractivity contribution is -0.137. The van der Waals surface area contributed by atoms with Crippen molar-refractivity contribution in [1.82, 2.24) is 0 Å². The number of allylic oxidation sites excluding steroid dienone is 4. The summed E-state index contributed by atoms with van der Waals surface area (Å²) in [5.74, 6) is -0.234. The highest BCUT2D eigenvalue weighted by molar-refractivity contribution is 5.66. The van der Waals surface area contributed by atoms with Crippen molar-refractivity contribution in [3.05, 3.63) is 66.8 Å². The molecule has 6 nitrogen and oxygen atoms in total. The minimum Gasteiger partial charge on any atom is -0.491 e. The standard InChI is InChI=1S/C20H26O6/c21-16(15-26-17-10-5-3-6-11-17)9-4-1-2-7-12-18(22)19(23)13-8-14-20(24)25/h1-7,9-12,16,18-19,21-23H,8,13-15H2,(H,24,25)/b2-1-,9-4+,12-7+/t16-,18-,19+/m1/s1. The van der Waals surface area contributed by atoms with E-state index in [1.165, 1.54) is 6.08 Å². The average molecular weight is 362 g/mol. The molecule has 6 heteroatoms. The second-order valence-corrected chi connectivity index (χ2v) is 5.69. The van der Waals surface area contributed by atoms with Gasteiger partial charge in [0.25, 0.3) is 0 Å². The van der Waals surface area contributed by atoms with E-state index in [0.29, 0.717) is 12.2 Å². The van der Waals surface area contributed by atoms with Crippen molar-refractivity contribution in [3.63, 3.8) is 0 Å². The summed E-state index contributed by atoms with van der Waals surface area (Å²) in [5.41, 5.74) is 0. The van der Waals surface area contributed by atoms with Crippen molar-refractivity contribution in [1.29, 1.82) is 0 Å². The van der Waals surface area contributed by atoms with Crippen LogP contribution in [0, 0.1) is 0 Å². The van der Waals surface area contributed by atoms with Gasteiger partial charge < -0.3 is 25.2 Å². The molecule has 0 fully saturated rings. The normalized spacial score (nSPS) is 15.5. The monoisotopic (exact) mass is 362 g/mol. The highest BCUT2D eigenvalue weighted by atomic mass is 16.5. The van der Waals surface area contributed by atoms with Crippen LogP contribution in [-0.2, 0) is 4.79 Å². The smallest absolute Gasteiger partial charge is 0.303 e. The van der Waals surface area contributed by atoms with Crippen LogP contribution in [0.2, 0.25) is 0 Å². The Labute approximate surface area is 153 Å². The van der Waals surface area contributed by atoms with Crippen LogP contribution >= 0.6 is 0 Å². The first kappa shape index (κ1) is 21.6. The molecule has 0 bridgehead atoms. The SMILES string of the molecule is O=C(O)CCC[C@H](O)[C@H](O)/C=C/C=C\C=C\[C@@H](O)COc1ccccc1. The molecule has 4 N–H and O–H groups in total. The predicted octanol–water partition coefficient (Wildman–Crippen LogP) is 2.07. The third kappa shape index (κ3) is 10.5. The van der Waals surface area contributed by atoms with Gasteiger partial charge in [0.1, 0.15) is 18.5 Å². The first-order valence-electron chi connectivity index (χ1n) is 8.44. The molecular formula is C20H26O6. The maximum Gasteiger partial charge on any atom is 0.303 e. The number of carboxylic acid groups (broad SMARTS) is 1. The van der Waals surface area contributed by atoms with E-state index in [4.69, 9.17) is 9.84 Å². The van der Waals surface area contributed by atoms with Gasteiger partial charge in [0, 0.05) is 6.42 Å². The third-order valence-electron chi connectivity index (χ3n) is 3.42. The Balaban J connectivity index is 2.24. The van der Waals surface area contributed by atoms with Gasteiger partial charge in [-0.25, -0.2) is 0 Å². The van der Waals surface area contributed by atoms with Crippen molar-refractivity contribution in [2.45, 2.75) is 37.6 Å². The van der Waals surface area contributed by atoms with Crippen LogP contribution in [0.4, 0.5) is 0 Å². The lowest BCUT2D eigenvalue weighted by atomic mass is 10.1. The summed E-state index contributed by atoms with van der Waals surface area (Å²) in [6.07, 6.45) is 7.24. The van der Waals surface area contributed by atoms with Crippen LogP contribution in [0.3, 0.4) is 0 Å². The first-order valence-corrected chi connectivity index (χ1v) is 8.44. The van der Waals surface area contributed by atoms with Gasteiger partial charge in [-0.05, 0) is 25.0 Å². The zero-order valence-corrected chi connectivity index (χ0v) is 14.5. The van der Waals surface area contributed by atoms with E-state index < -0.39 is 24.3 Å². The van der Waals surface area contributed by atoms with Crippen molar-refractivity contribution in [2.75, 3.05) is 6.61 Å². The van der Waals surface area contributed by atoms with Gasteiger partial charge in [-0.3, -0.25) is 4.79 Å². The fourth-order valence-corrected chi connectivity index (χ4v) is 2.01. The molecule has 0 radical (unpaired) electrons. The molecule has 0 saturated carbocycles. The predicted molar refractivity (Wildman–Crippen MR) is 98.9 cm³/mol. The van der Waals surface area contributed by atoms with Crippen LogP contribution in [0.1, 0.15) is 19.3 Å². The Kier molecular flexibility index (Phi) is 10.7. The van der Waals surface area contributed by atoms with E-state index in [2.05, 4.69) is 0 Å². The summed E-state index contributed by atoms with van der Waals surface area (Å²) in [6.45, 7) is 0.144. The molecule has 26 heavy (non-hydrogen) atoms. The van der Waals surface area contributed by atoms with Crippen LogP contribution in [0.5, 0.6) is 5.75 Å². The van der Waals surface area contributed by atoms with Crippen LogP contribution in [0.15, 0.2) is 66.8 Å². The van der Waals surface area contributed by atoms with Crippen molar-refractivity contribution >= 4 is 5.97 Å². The van der Waals surface area contributed by atoms with E-state index in [0.717, 1.165) is 0 Å². The molecule has 0 aliphatic heterocycles. The second kappa shape index (κ2) is 12.9. The number of aliphatic carboxylic acids is 1. The Morgan fingerprint density at radius 3 is 2.31 bits per heavy atom. The van der Waals surface area contributed by atoms with E-state index in [1.807, 2.05) is 30.3 Å². The Morgan fingerprint density at radius 1 is 1.00 bits per heavy atom. The molecule has 0 heterocycles. The zero-order valence-electron chi connectivity index (χ0n) is 14.5. The molecule has 1 aromatic rings. The summed E-state index contributed by atoms with van der Waals surface area (Å²) in [5, 5.41) is 37.7. The summed E-state index contributed by atoms with van der Waals surface area (Å²) in [4.78, 5) is 10.4. The average Bonchev–Trinajstić information content (AvgIpc) is 2.63. The minimum absolute atomic E-state index is 0.0332. The molecular weight excluding hydrogens is 336 g/mol. The number of rotatable bonds is 12. The van der Waals surface area contributed by atoms with E-state index in [9.17, 15) is 20.1 Å². The largest absolute Gasteiger partial charge is 0.491 e. The van der Waals surface area contributed by atoms with Gasteiger partial charge in [0.15, 0.2) is 0 Å². The van der Waals surface area contributed by atoms with Gasteiger partial charge in [0.05, 0.1) is 12.2 Å². The lowest BCUT2D eigenvalue weighted by Gasteiger charge is -2.13. The van der Waals surface area contributed by atoms with Gasteiger partial charge in [-0.1, -0.05) is 54.7 Å². The molecule has 0 unspecified atom stereocenters. The maximum atomic E-state index is 10.4. The molecule has 1 rings (SSSR count). The molecule has 0 spiro atoms. The van der Waals surface area contributed by atoms with E-state index in [-0.39, 0.29) is 19.4 Å². The molecule has 142 valence electrons. The highest BCUT2D eigenvalue weighted by Gasteiger charge is 2.12. The number of hydrogen-bond donors (Lipinski definition) is 4. The quantitative estimate of drug-likeness (QED) is 0.424. The summed E-state index contributed by atoms with van der Waals surface area (Å²) in [7, 11) is 0. The Bertz CT molecular complexity index is 594. The minimum atomic E-state index is -1.05. The number of carbonyl (C=O) groups is 1. The summed E-state index contributed by atoms with van der Waals surface area (Å²) >= 11 is 0. The molecule has 0 aliphatic carbocycles. The molecule has 0 aliphatic rings. The molecule has 0 amide bonds. The lowest BCUT2D eigenvalue weighted by Crippen LogP contribution is -2.23. The fourth-order valence-electron chi connectivity index (χ4n) is 2.01. The van der Waals surface area contributed by atoms with Crippen LogP contribution < -0.4 is 4.74 Å². The number of aliphatic hydroxyl groups is 3. The number of hydrogen-bond acceptors (Lipinski definition) is 5. The van der Waals surface area contributed by atoms with Crippen LogP contribution in [-0.4, -0.2) is 51.3 Å². The molecule has 3 atom stereocenters. The summed E-state index contributed by atoms with van der Waals surface area (Å²) < 4.78 is 5.41. The maximum absolute atomic E-state index is 10.4. The summed E-state index contributed by atoms with van der Waals surface area (Å²) in [6, 6.07) is 9.20. The Hall–Kier alpha value is -2.41. The molecule has 0 aromatic heterocycles. The zero-order chi connectivity index (χ0) is 19.2. The Morgan fingerprint density at radius 2 is 1.65 bits per heavy atom. The molecule has 1 aromatic carbocycles. The number of aliphatic hydroxyl groups excluding tert-OH is 3. The van der Waals surface area contributed by atoms with Crippen molar-refractivity contribution < 1.29 is 30.0 Å². The van der Waals surface area contributed by atoms with Gasteiger partial charge in [0.2, 0.25) is 0 Å². The number of carboxylic acids is 1. The van der Waals surface area contributed by atoms with Gasteiger partial charge >= 0.3 is 5.97 Å².